The molecule has 0 aliphatic carbocycles. The van der Waals surface area contributed by atoms with Crippen LogP contribution in [0.5, 0.6) is 0 Å². The van der Waals surface area contributed by atoms with Crippen molar-refractivity contribution in [1.29, 1.82) is 0 Å². The summed E-state index contributed by atoms with van der Waals surface area (Å²) in [6, 6.07) is 5.49. The highest BCUT2D eigenvalue weighted by molar-refractivity contribution is 5.96. The second-order valence-electron chi connectivity index (χ2n) is 5.50. The van der Waals surface area contributed by atoms with Gasteiger partial charge in [-0.05, 0) is 38.0 Å². The van der Waals surface area contributed by atoms with Crippen LogP contribution in [0.3, 0.4) is 0 Å². The van der Waals surface area contributed by atoms with E-state index in [2.05, 4.69) is 10.2 Å². The molecule has 2 aliphatic rings. The number of nitrogen functional groups attached to an aromatic ring is 1. The Morgan fingerprint density at radius 2 is 2.10 bits per heavy atom. The molecule has 1 aromatic rings. The molecule has 3 N–H and O–H groups in total. The smallest absolute Gasteiger partial charge is 0.251 e. The van der Waals surface area contributed by atoms with Gasteiger partial charge in [0.15, 0.2) is 0 Å². The lowest BCUT2D eigenvalue weighted by molar-refractivity contribution is 0.0305. The highest BCUT2D eigenvalue weighted by Gasteiger charge is 2.34. The quantitative estimate of drug-likeness (QED) is 0.818. The van der Waals surface area contributed by atoms with Gasteiger partial charge in [-0.25, -0.2) is 0 Å². The molecule has 2 heterocycles. The second kappa shape index (κ2) is 5.32. The summed E-state index contributed by atoms with van der Waals surface area (Å²) in [7, 11) is 0. The monoisotopic (exact) mass is 275 g/mol. The number of morpholine rings is 1. The van der Waals surface area contributed by atoms with Crippen LogP contribution in [0, 0.1) is 0 Å². The largest absolute Gasteiger partial charge is 0.397 e. The fourth-order valence-electron chi connectivity index (χ4n) is 3.03. The van der Waals surface area contributed by atoms with Crippen molar-refractivity contribution in [3.05, 3.63) is 23.8 Å². The molecule has 2 bridgehead atoms. The fourth-order valence-corrected chi connectivity index (χ4v) is 3.03. The first kappa shape index (κ1) is 13.2. The van der Waals surface area contributed by atoms with Gasteiger partial charge in [0.2, 0.25) is 0 Å². The number of anilines is 2. The van der Waals surface area contributed by atoms with Crippen LogP contribution in [-0.4, -0.2) is 37.7 Å². The Kier molecular flexibility index (Phi) is 3.53. The lowest BCUT2D eigenvalue weighted by atomic mass is 10.1. The van der Waals surface area contributed by atoms with E-state index in [0.29, 0.717) is 24.3 Å². The second-order valence-corrected chi connectivity index (χ2v) is 5.50. The first-order valence-electron chi connectivity index (χ1n) is 7.25. The Balaban J connectivity index is 1.85. The third-order valence-electron chi connectivity index (χ3n) is 4.01. The van der Waals surface area contributed by atoms with Crippen LogP contribution in [0.2, 0.25) is 0 Å². The highest BCUT2D eigenvalue weighted by Crippen LogP contribution is 2.32. The summed E-state index contributed by atoms with van der Waals surface area (Å²) in [6.07, 6.45) is 2.86. The summed E-state index contributed by atoms with van der Waals surface area (Å²) in [4.78, 5) is 14.2. The minimum absolute atomic E-state index is 0.0509. The van der Waals surface area contributed by atoms with Crippen LogP contribution in [0.15, 0.2) is 18.2 Å². The molecule has 2 aliphatic heterocycles. The number of nitrogens with one attached hydrogen (secondary N) is 1. The number of amides is 1. The SMILES string of the molecule is CCNC(=O)c1ccc(N)c(N2CC3CCC(C2)O3)c1. The molecule has 2 fully saturated rings. The molecule has 108 valence electrons. The Labute approximate surface area is 119 Å². The minimum Gasteiger partial charge on any atom is -0.397 e. The van der Waals surface area contributed by atoms with E-state index >= 15 is 0 Å². The molecule has 3 rings (SSSR count). The van der Waals surface area contributed by atoms with Crippen LogP contribution in [0.1, 0.15) is 30.1 Å². The number of rotatable bonds is 3. The molecule has 0 radical (unpaired) electrons. The molecule has 2 atom stereocenters. The molecule has 20 heavy (non-hydrogen) atoms. The van der Waals surface area contributed by atoms with E-state index in [4.69, 9.17) is 10.5 Å². The average molecular weight is 275 g/mol. The van der Waals surface area contributed by atoms with Crippen molar-refractivity contribution in [3.63, 3.8) is 0 Å². The fraction of sp³-hybridized carbons (Fsp3) is 0.533. The van der Waals surface area contributed by atoms with Gasteiger partial charge >= 0.3 is 0 Å². The Morgan fingerprint density at radius 3 is 2.75 bits per heavy atom. The summed E-state index contributed by atoms with van der Waals surface area (Å²) in [6.45, 7) is 4.26. The number of carbonyl (C=O) groups excluding carboxylic acids is 1. The zero-order chi connectivity index (χ0) is 14.1. The third-order valence-corrected chi connectivity index (χ3v) is 4.01. The summed E-state index contributed by atoms with van der Waals surface area (Å²) >= 11 is 0. The van der Waals surface area contributed by atoms with E-state index in [1.54, 1.807) is 6.07 Å². The molecule has 1 aromatic carbocycles. The maximum absolute atomic E-state index is 11.9. The standard InChI is InChI=1S/C15H21N3O2/c1-2-17-15(19)10-3-6-13(16)14(7-10)18-8-11-4-5-12(9-18)20-11/h3,6-7,11-12H,2,4-5,8-9,16H2,1H3,(H,17,19). The maximum Gasteiger partial charge on any atom is 0.251 e. The van der Waals surface area contributed by atoms with E-state index < -0.39 is 0 Å². The van der Waals surface area contributed by atoms with E-state index in [-0.39, 0.29) is 5.91 Å². The van der Waals surface area contributed by atoms with Crippen LogP contribution >= 0.6 is 0 Å². The van der Waals surface area contributed by atoms with E-state index in [0.717, 1.165) is 37.3 Å². The van der Waals surface area contributed by atoms with Crippen molar-refractivity contribution in [3.8, 4) is 0 Å². The normalized spacial score (nSPS) is 24.8. The van der Waals surface area contributed by atoms with Crippen molar-refractivity contribution in [2.75, 3.05) is 30.3 Å². The molecular weight excluding hydrogens is 254 g/mol. The minimum atomic E-state index is -0.0509. The van der Waals surface area contributed by atoms with Gasteiger partial charge in [0.05, 0.1) is 23.6 Å². The highest BCUT2D eigenvalue weighted by atomic mass is 16.5. The average Bonchev–Trinajstić information content (AvgIpc) is 2.78. The third kappa shape index (κ3) is 2.45. The van der Waals surface area contributed by atoms with Crippen LogP contribution in [0.4, 0.5) is 11.4 Å². The molecule has 1 amide bonds. The number of nitrogens with two attached hydrogens (primary N) is 1. The van der Waals surface area contributed by atoms with Gasteiger partial charge in [-0.3, -0.25) is 4.79 Å². The zero-order valence-electron chi connectivity index (χ0n) is 11.8. The Bertz CT molecular complexity index is 506. The topological polar surface area (TPSA) is 67.6 Å². The molecular formula is C15H21N3O2. The van der Waals surface area contributed by atoms with Gasteiger partial charge < -0.3 is 20.7 Å². The number of ether oxygens (including phenoxy) is 1. The Morgan fingerprint density at radius 1 is 1.40 bits per heavy atom. The van der Waals surface area contributed by atoms with Gasteiger partial charge in [-0.1, -0.05) is 0 Å². The van der Waals surface area contributed by atoms with Gasteiger partial charge in [0.25, 0.3) is 5.91 Å². The summed E-state index contributed by atoms with van der Waals surface area (Å²) in [5, 5.41) is 2.82. The van der Waals surface area contributed by atoms with Gasteiger partial charge in [0, 0.05) is 25.2 Å². The summed E-state index contributed by atoms with van der Waals surface area (Å²) in [5.41, 5.74) is 8.43. The number of hydrogen-bond acceptors (Lipinski definition) is 4. The first-order valence-corrected chi connectivity index (χ1v) is 7.25. The molecule has 2 saturated heterocycles. The van der Waals surface area contributed by atoms with Crippen molar-refractivity contribution in [2.24, 2.45) is 0 Å². The van der Waals surface area contributed by atoms with Crippen molar-refractivity contribution < 1.29 is 9.53 Å². The maximum atomic E-state index is 11.9. The van der Waals surface area contributed by atoms with Crippen LogP contribution < -0.4 is 16.0 Å². The molecule has 0 spiro atoms. The van der Waals surface area contributed by atoms with Gasteiger partial charge in [-0.2, -0.15) is 0 Å². The number of carbonyl (C=O) groups is 1. The van der Waals surface area contributed by atoms with Crippen LogP contribution in [-0.2, 0) is 4.74 Å². The molecule has 0 saturated carbocycles. The molecule has 0 aromatic heterocycles. The van der Waals surface area contributed by atoms with Crippen LogP contribution in [0.25, 0.3) is 0 Å². The molecule has 5 heteroatoms. The number of fused-ring (bicyclic) bond motifs is 2. The van der Waals surface area contributed by atoms with Crippen molar-refractivity contribution in [2.45, 2.75) is 32.0 Å². The molecule has 5 nitrogen and oxygen atoms in total. The van der Waals surface area contributed by atoms with E-state index in [1.165, 1.54) is 0 Å². The zero-order valence-corrected chi connectivity index (χ0v) is 11.8. The van der Waals surface area contributed by atoms with Crippen molar-refractivity contribution in [1.82, 2.24) is 5.32 Å². The summed E-state index contributed by atoms with van der Waals surface area (Å²) < 4.78 is 5.84. The van der Waals surface area contributed by atoms with Gasteiger partial charge in [0.1, 0.15) is 0 Å². The first-order chi connectivity index (χ1) is 9.67. The molecule has 2 unspecified atom stereocenters. The number of benzene rings is 1. The van der Waals surface area contributed by atoms with Gasteiger partial charge in [-0.15, -0.1) is 0 Å². The Hall–Kier alpha value is -1.75. The predicted molar refractivity (Wildman–Crippen MR) is 79.0 cm³/mol. The summed E-state index contributed by atoms with van der Waals surface area (Å²) in [5.74, 6) is -0.0509. The lowest BCUT2D eigenvalue weighted by Crippen LogP contribution is -2.43. The van der Waals surface area contributed by atoms with E-state index in [1.807, 2.05) is 19.1 Å². The number of hydrogen-bond donors (Lipinski definition) is 2. The number of nitrogens with zero attached hydrogens (tertiary/aromatic N) is 1. The van der Waals surface area contributed by atoms with Crippen molar-refractivity contribution >= 4 is 17.3 Å². The predicted octanol–water partition coefficient (Wildman–Crippen LogP) is 1.39. The van der Waals surface area contributed by atoms with E-state index in [9.17, 15) is 4.79 Å². The lowest BCUT2D eigenvalue weighted by Gasteiger charge is -2.34.